The zero-order chi connectivity index (χ0) is 15.8. The first-order valence-electron chi connectivity index (χ1n) is 5.79. The molecular formula is C9H11F3N4O5. The number of aryl methyl sites for hydroxylation is 1. The van der Waals surface area contributed by atoms with Crippen LogP contribution in [-0.4, -0.2) is 61.4 Å². The summed E-state index contributed by atoms with van der Waals surface area (Å²) >= 11 is 0. The van der Waals surface area contributed by atoms with Crippen molar-refractivity contribution in [3.05, 3.63) is 5.82 Å². The van der Waals surface area contributed by atoms with Gasteiger partial charge in [0.2, 0.25) is 5.82 Å². The van der Waals surface area contributed by atoms with Crippen molar-refractivity contribution < 1.29 is 37.7 Å². The molecule has 9 nitrogen and oxygen atoms in total. The van der Waals surface area contributed by atoms with Gasteiger partial charge in [0.1, 0.15) is 6.10 Å². The Bertz CT molecular complexity index is 536. The second kappa shape index (κ2) is 5.20. The van der Waals surface area contributed by atoms with E-state index in [0.717, 1.165) is 4.80 Å². The van der Waals surface area contributed by atoms with Gasteiger partial charge in [-0.3, -0.25) is 0 Å². The van der Waals surface area contributed by atoms with E-state index < -0.39 is 42.6 Å². The van der Waals surface area contributed by atoms with E-state index >= 15 is 0 Å². The van der Waals surface area contributed by atoms with Crippen LogP contribution in [0.1, 0.15) is 12.7 Å². The van der Waals surface area contributed by atoms with Gasteiger partial charge in [0, 0.05) is 0 Å². The zero-order valence-corrected chi connectivity index (χ0v) is 10.6. The highest BCUT2D eigenvalue weighted by atomic mass is 19.4. The number of hydrogen-bond donors (Lipinski definition) is 2. The minimum Gasteiger partial charge on any atom is -0.415 e. The number of aliphatic hydroxyl groups excluding tert-OH is 2. The maximum Gasteiger partial charge on any atom is 0.491 e. The molecule has 0 spiro atoms. The van der Waals surface area contributed by atoms with Crippen molar-refractivity contribution in [1.82, 2.24) is 20.2 Å². The van der Waals surface area contributed by atoms with Gasteiger partial charge in [-0.05, 0) is 12.1 Å². The van der Waals surface area contributed by atoms with E-state index in [2.05, 4.69) is 20.1 Å². The average Bonchev–Trinajstić information content (AvgIpc) is 2.99. The van der Waals surface area contributed by atoms with Gasteiger partial charge in [-0.25, -0.2) is 4.79 Å². The monoisotopic (exact) mass is 312 g/mol. The van der Waals surface area contributed by atoms with Crippen molar-refractivity contribution in [3.63, 3.8) is 0 Å². The highest BCUT2D eigenvalue weighted by Gasteiger charge is 2.60. The minimum absolute atomic E-state index is 0.231. The van der Waals surface area contributed by atoms with Gasteiger partial charge >= 0.3 is 17.9 Å². The van der Waals surface area contributed by atoms with Crippen LogP contribution in [0.5, 0.6) is 0 Å². The Labute approximate surface area is 115 Å². The number of carbonyl (C=O) groups excluding carboxylic acids is 1. The number of halogens is 3. The van der Waals surface area contributed by atoms with Crippen LogP contribution < -0.4 is 0 Å². The van der Waals surface area contributed by atoms with Crippen molar-refractivity contribution in [1.29, 1.82) is 0 Å². The van der Waals surface area contributed by atoms with Crippen molar-refractivity contribution >= 4 is 5.97 Å². The molecule has 0 bridgehead atoms. The molecule has 0 aromatic carbocycles. The standard InChI is InChI=1S/C9H11F3N4O5/c1-2-16-14-6(13-15-16)8(5(18)4(17)3-20-8)21-7(19)9(10,11)12/h4-5,17-18H,2-3H2,1H3. The van der Waals surface area contributed by atoms with Gasteiger partial charge in [-0.15, -0.1) is 10.2 Å². The zero-order valence-electron chi connectivity index (χ0n) is 10.6. The topological polar surface area (TPSA) is 120 Å². The van der Waals surface area contributed by atoms with E-state index in [9.17, 15) is 28.2 Å². The summed E-state index contributed by atoms with van der Waals surface area (Å²) in [6, 6.07) is 0. The Hall–Kier alpha value is -1.79. The van der Waals surface area contributed by atoms with Crippen molar-refractivity contribution in [2.75, 3.05) is 6.61 Å². The number of carbonyl (C=O) groups is 1. The molecule has 2 N–H and O–H groups in total. The summed E-state index contributed by atoms with van der Waals surface area (Å²) < 4.78 is 46.1. The van der Waals surface area contributed by atoms with Crippen LogP contribution in [0, 0.1) is 0 Å². The lowest BCUT2D eigenvalue weighted by molar-refractivity contribution is -0.277. The number of aliphatic hydroxyl groups is 2. The molecule has 1 aromatic rings. The van der Waals surface area contributed by atoms with E-state index in [0.29, 0.717) is 0 Å². The molecule has 1 aliphatic heterocycles. The van der Waals surface area contributed by atoms with E-state index in [1.807, 2.05) is 0 Å². The molecule has 3 unspecified atom stereocenters. The number of hydrogen-bond acceptors (Lipinski definition) is 8. The Morgan fingerprint density at radius 2 is 2.24 bits per heavy atom. The van der Waals surface area contributed by atoms with E-state index in [1.54, 1.807) is 6.92 Å². The molecule has 0 saturated carbocycles. The summed E-state index contributed by atoms with van der Waals surface area (Å²) in [7, 11) is 0. The summed E-state index contributed by atoms with van der Waals surface area (Å²) in [6.45, 7) is 1.29. The van der Waals surface area contributed by atoms with Crippen LogP contribution in [0.25, 0.3) is 0 Å². The molecule has 118 valence electrons. The smallest absolute Gasteiger partial charge is 0.415 e. The van der Waals surface area contributed by atoms with Crippen molar-refractivity contribution in [2.45, 2.75) is 37.6 Å². The Morgan fingerprint density at radius 3 is 2.67 bits per heavy atom. The molecule has 1 aromatic heterocycles. The molecule has 12 heteroatoms. The third-order valence-electron chi connectivity index (χ3n) is 2.75. The second-order valence-electron chi connectivity index (χ2n) is 4.18. The van der Waals surface area contributed by atoms with Gasteiger partial charge in [-0.1, -0.05) is 0 Å². The summed E-state index contributed by atoms with van der Waals surface area (Å²) in [5, 5.41) is 29.8. The lowest BCUT2D eigenvalue weighted by Crippen LogP contribution is -2.47. The van der Waals surface area contributed by atoms with Crippen LogP contribution in [0.4, 0.5) is 13.2 Å². The summed E-state index contributed by atoms with van der Waals surface area (Å²) in [5.74, 6) is -5.85. The van der Waals surface area contributed by atoms with Crippen LogP contribution >= 0.6 is 0 Å². The molecule has 1 fully saturated rings. The first kappa shape index (κ1) is 15.6. The predicted octanol–water partition coefficient (Wildman–Crippen LogP) is -1.30. The molecule has 3 atom stereocenters. The molecule has 2 heterocycles. The van der Waals surface area contributed by atoms with E-state index in [4.69, 9.17) is 4.74 Å². The number of aromatic nitrogens is 4. The fourth-order valence-corrected chi connectivity index (χ4v) is 1.68. The quantitative estimate of drug-likeness (QED) is 0.661. The fourth-order valence-electron chi connectivity index (χ4n) is 1.68. The fraction of sp³-hybridized carbons (Fsp3) is 0.778. The van der Waals surface area contributed by atoms with Crippen LogP contribution in [-0.2, 0) is 26.6 Å². The lowest BCUT2D eigenvalue weighted by Gasteiger charge is -2.28. The number of esters is 1. The van der Waals surface area contributed by atoms with E-state index in [1.165, 1.54) is 0 Å². The number of nitrogens with zero attached hydrogens (tertiary/aromatic N) is 4. The summed E-state index contributed by atoms with van der Waals surface area (Å²) in [5.41, 5.74) is 0. The molecule has 2 rings (SSSR count). The molecule has 0 aliphatic carbocycles. The summed E-state index contributed by atoms with van der Waals surface area (Å²) in [6.07, 6.45) is -8.87. The molecular weight excluding hydrogens is 301 g/mol. The third kappa shape index (κ3) is 2.69. The maximum atomic E-state index is 12.3. The first-order chi connectivity index (χ1) is 9.70. The molecule has 21 heavy (non-hydrogen) atoms. The number of tetrazole rings is 1. The molecule has 1 aliphatic rings. The Morgan fingerprint density at radius 1 is 1.57 bits per heavy atom. The van der Waals surface area contributed by atoms with Gasteiger partial charge < -0.3 is 19.7 Å². The molecule has 0 amide bonds. The summed E-state index contributed by atoms with van der Waals surface area (Å²) in [4.78, 5) is 12.0. The molecule has 1 saturated heterocycles. The average molecular weight is 312 g/mol. The van der Waals surface area contributed by atoms with Crippen LogP contribution in [0.2, 0.25) is 0 Å². The van der Waals surface area contributed by atoms with Gasteiger partial charge in [0.25, 0.3) is 0 Å². The second-order valence-corrected chi connectivity index (χ2v) is 4.18. The minimum atomic E-state index is -5.32. The van der Waals surface area contributed by atoms with Crippen LogP contribution in [0.3, 0.4) is 0 Å². The van der Waals surface area contributed by atoms with Gasteiger partial charge in [0.15, 0.2) is 6.10 Å². The third-order valence-corrected chi connectivity index (χ3v) is 2.75. The number of ether oxygens (including phenoxy) is 2. The Balaban J connectivity index is 2.38. The normalized spacial score (nSPS) is 29.6. The highest BCUT2D eigenvalue weighted by molar-refractivity contribution is 5.76. The lowest BCUT2D eigenvalue weighted by atomic mass is 10.1. The Kier molecular flexibility index (Phi) is 3.86. The number of alkyl halides is 3. The van der Waals surface area contributed by atoms with Crippen molar-refractivity contribution in [3.8, 4) is 0 Å². The van der Waals surface area contributed by atoms with E-state index in [-0.39, 0.29) is 6.54 Å². The largest absolute Gasteiger partial charge is 0.491 e. The van der Waals surface area contributed by atoms with Gasteiger partial charge in [-0.2, -0.15) is 18.0 Å². The SMILES string of the molecule is CCn1nnc(C2(OC(=O)C(F)(F)F)OCC(O)C2O)n1. The van der Waals surface area contributed by atoms with Gasteiger partial charge in [0.05, 0.1) is 13.2 Å². The number of rotatable bonds is 3. The van der Waals surface area contributed by atoms with Crippen LogP contribution in [0.15, 0.2) is 0 Å². The first-order valence-corrected chi connectivity index (χ1v) is 5.79. The van der Waals surface area contributed by atoms with Crippen molar-refractivity contribution in [2.24, 2.45) is 0 Å². The maximum absolute atomic E-state index is 12.3. The predicted molar refractivity (Wildman–Crippen MR) is 55.3 cm³/mol. The highest BCUT2D eigenvalue weighted by Crippen LogP contribution is 2.37. The molecule has 0 radical (unpaired) electrons.